The number of rotatable bonds is 7. The molecule has 28 heavy (non-hydrogen) atoms. The molecule has 0 radical (unpaired) electrons. The van der Waals surface area contributed by atoms with Crippen LogP contribution in [0.25, 0.3) is 0 Å². The molecular formula is C22H27FN2O2S. The van der Waals surface area contributed by atoms with Crippen LogP contribution in [0, 0.1) is 11.7 Å². The van der Waals surface area contributed by atoms with Gasteiger partial charge in [-0.1, -0.05) is 38.8 Å². The summed E-state index contributed by atoms with van der Waals surface area (Å²) in [4.78, 5) is 28.8. The van der Waals surface area contributed by atoms with Crippen molar-refractivity contribution in [2.45, 2.75) is 58.0 Å². The maximum atomic E-state index is 13.9. The first-order valence-corrected chi connectivity index (χ1v) is 10.7. The van der Waals surface area contributed by atoms with Crippen molar-refractivity contribution in [3.8, 4) is 0 Å². The molecule has 1 saturated carbocycles. The molecule has 1 aliphatic carbocycles. The van der Waals surface area contributed by atoms with E-state index in [1.807, 2.05) is 31.4 Å². The number of nitrogens with zero attached hydrogens (tertiary/aromatic N) is 1. The van der Waals surface area contributed by atoms with Crippen LogP contribution >= 0.6 is 11.3 Å². The molecule has 4 nitrogen and oxygen atoms in total. The van der Waals surface area contributed by atoms with Crippen LogP contribution in [0.3, 0.4) is 0 Å². The fourth-order valence-corrected chi connectivity index (χ4v) is 4.50. The molecule has 1 heterocycles. The average Bonchev–Trinajstić information content (AvgIpc) is 3.33. The van der Waals surface area contributed by atoms with Gasteiger partial charge in [0.1, 0.15) is 11.9 Å². The lowest BCUT2D eigenvalue weighted by Crippen LogP contribution is -2.54. The predicted molar refractivity (Wildman–Crippen MR) is 111 cm³/mol. The fraction of sp³-hybridized carbons (Fsp3) is 0.455. The van der Waals surface area contributed by atoms with Crippen LogP contribution in [-0.4, -0.2) is 23.9 Å². The van der Waals surface area contributed by atoms with E-state index < -0.39 is 11.9 Å². The van der Waals surface area contributed by atoms with Gasteiger partial charge in [0, 0.05) is 16.6 Å². The molecule has 1 aliphatic rings. The summed E-state index contributed by atoms with van der Waals surface area (Å²) in [6, 6.07) is 9.20. The number of carbonyl (C=O) groups excluding carboxylic acids is 2. The van der Waals surface area contributed by atoms with Gasteiger partial charge in [-0.2, -0.15) is 0 Å². The van der Waals surface area contributed by atoms with Gasteiger partial charge in [-0.3, -0.25) is 14.5 Å². The highest BCUT2D eigenvalue weighted by Gasteiger charge is 2.35. The first kappa shape index (κ1) is 20.5. The van der Waals surface area contributed by atoms with Crippen molar-refractivity contribution in [1.82, 2.24) is 5.32 Å². The Morgan fingerprint density at radius 3 is 2.57 bits per heavy atom. The smallest absolute Gasteiger partial charge is 0.243 e. The van der Waals surface area contributed by atoms with Crippen molar-refractivity contribution in [2.75, 3.05) is 4.90 Å². The highest BCUT2D eigenvalue weighted by Crippen LogP contribution is 2.26. The van der Waals surface area contributed by atoms with Crippen LogP contribution in [0.1, 0.15) is 44.4 Å². The van der Waals surface area contributed by atoms with Crippen molar-refractivity contribution in [3.63, 3.8) is 0 Å². The molecule has 150 valence electrons. The van der Waals surface area contributed by atoms with E-state index in [1.54, 1.807) is 12.1 Å². The quantitative estimate of drug-likeness (QED) is 0.739. The van der Waals surface area contributed by atoms with Crippen LogP contribution in [-0.2, 0) is 16.0 Å². The van der Waals surface area contributed by atoms with E-state index in [-0.39, 0.29) is 30.2 Å². The Balaban J connectivity index is 1.91. The number of amides is 2. The third-order valence-electron chi connectivity index (χ3n) is 5.14. The Labute approximate surface area is 169 Å². The maximum absolute atomic E-state index is 13.9. The molecule has 1 fully saturated rings. The lowest BCUT2D eigenvalue weighted by molar-refractivity contribution is -0.127. The van der Waals surface area contributed by atoms with Crippen molar-refractivity contribution >= 4 is 28.8 Å². The van der Waals surface area contributed by atoms with Crippen LogP contribution in [0.2, 0.25) is 0 Å². The van der Waals surface area contributed by atoms with E-state index in [2.05, 4.69) is 5.32 Å². The first-order valence-electron chi connectivity index (χ1n) is 9.86. The van der Waals surface area contributed by atoms with E-state index in [1.165, 1.54) is 28.4 Å². The molecule has 0 aliphatic heterocycles. The third-order valence-corrected chi connectivity index (χ3v) is 6.02. The normalized spacial score (nSPS) is 15.6. The lowest BCUT2D eigenvalue weighted by atomic mass is 9.99. The SMILES string of the molecule is CC(C)C(C(=O)NC1CCCC1)N(C(=O)Cc1cccs1)c1cccc(F)c1. The van der Waals surface area contributed by atoms with Gasteiger partial charge >= 0.3 is 0 Å². The molecular weight excluding hydrogens is 375 g/mol. The summed E-state index contributed by atoms with van der Waals surface area (Å²) >= 11 is 1.50. The minimum atomic E-state index is -0.685. The van der Waals surface area contributed by atoms with Gasteiger partial charge in [-0.05, 0) is 48.4 Å². The monoisotopic (exact) mass is 402 g/mol. The Bertz CT molecular complexity index is 801. The minimum absolute atomic E-state index is 0.114. The van der Waals surface area contributed by atoms with Crippen molar-refractivity contribution in [2.24, 2.45) is 5.92 Å². The van der Waals surface area contributed by atoms with Gasteiger partial charge < -0.3 is 5.32 Å². The number of thiophene rings is 1. The highest BCUT2D eigenvalue weighted by atomic mass is 32.1. The molecule has 6 heteroatoms. The second-order valence-electron chi connectivity index (χ2n) is 7.68. The zero-order valence-electron chi connectivity index (χ0n) is 16.4. The lowest BCUT2D eigenvalue weighted by Gasteiger charge is -2.34. The molecule has 0 spiro atoms. The Hall–Kier alpha value is -2.21. The van der Waals surface area contributed by atoms with Gasteiger partial charge in [0.25, 0.3) is 0 Å². The Morgan fingerprint density at radius 1 is 1.21 bits per heavy atom. The molecule has 1 unspecified atom stereocenters. The van der Waals surface area contributed by atoms with Gasteiger partial charge in [-0.15, -0.1) is 11.3 Å². The molecule has 1 atom stereocenters. The van der Waals surface area contributed by atoms with Crippen LogP contribution < -0.4 is 10.2 Å². The number of anilines is 1. The summed E-state index contributed by atoms with van der Waals surface area (Å²) < 4.78 is 13.9. The number of hydrogen-bond donors (Lipinski definition) is 1. The summed E-state index contributed by atoms with van der Waals surface area (Å²) in [6.45, 7) is 3.84. The molecule has 0 bridgehead atoms. The van der Waals surface area contributed by atoms with E-state index >= 15 is 0 Å². The zero-order chi connectivity index (χ0) is 20.1. The predicted octanol–water partition coefficient (Wildman–Crippen LogP) is 4.55. The number of carbonyl (C=O) groups is 2. The summed E-state index contributed by atoms with van der Waals surface area (Å²) in [5.41, 5.74) is 0.418. The second-order valence-corrected chi connectivity index (χ2v) is 8.71. The van der Waals surface area contributed by atoms with Crippen molar-refractivity contribution in [1.29, 1.82) is 0 Å². The van der Waals surface area contributed by atoms with Crippen LogP contribution in [0.4, 0.5) is 10.1 Å². The van der Waals surface area contributed by atoms with Gasteiger partial charge in [0.15, 0.2) is 0 Å². The van der Waals surface area contributed by atoms with E-state index in [0.29, 0.717) is 5.69 Å². The van der Waals surface area contributed by atoms with E-state index in [0.717, 1.165) is 30.6 Å². The number of halogens is 1. The number of hydrogen-bond acceptors (Lipinski definition) is 3. The largest absolute Gasteiger partial charge is 0.352 e. The van der Waals surface area contributed by atoms with E-state index in [4.69, 9.17) is 0 Å². The first-order chi connectivity index (χ1) is 13.5. The zero-order valence-corrected chi connectivity index (χ0v) is 17.2. The molecule has 0 saturated heterocycles. The number of benzene rings is 1. The summed E-state index contributed by atoms with van der Waals surface area (Å²) in [7, 11) is 0. The number of nitrogens with one attached hydrogen (secondary N) is 1. The van der Waals surface area contributed by atoms with Gasteiger partial charge in [-0.25, -0.2) is 4.39 Å². The average molecular weight is 403 g/mol. The van der Waals surface area contributed by atoms with Crippen molar-refractivity contribution in [3.05, 3.63) is 52.5 Å². The van der Waals surface area contributed by atoms with Crippen LogP contribution in [0.15, 0.2) is 41.8 Å². The van der Waals surface area contributed by atoms with E-state index in [9.17, 15) is 14.0 Å². The standard InChI is InChI=1S/C22H27FN2O2S/c1-15(2)21(22(27)24-17-8-3-4-9-17)25(18-10-5-7-16(23)13-18)20(26)14-19-11-6-12-28-19/h5-7,10-13,15,17,21H,3-4,8-9,14H2,1-2H3,(H,24,27). The molecule has 1 aromatic heterocycles. The summed E-state index contributed by atoms with van der Waals surface area (Å²) in [5, 5.41) is 5.03. The molecule has 1 N–H and O–H groups in total. The molecule has 2 aromatic rings. The minimum Gasteiger partial charge on any atom is -0.352 e. The molecule has 1 aromatic carbocycles. The van der Waals surface area contributed by atoms with Gasteiger partial charge in [0.2, 0.25) is 11.8 Å². The van der Waals surface area contributed by atoms with Crippen LogP contribution in [0.5, 0.6) is 0 Å². The topological polar surface area (TPSA) is 49.4 Å². The highest BCUT2D eigenvalue weighted by molar-refractivity contribution is 7.10. The summed E-state index contributed by atoms with van der Waals surface area (Å²) in [6.07, 6.45) is 4.36. The molecule has 2 amide bonds. The van der Waals surface area contributed by atoms with Gasteiger partial charge in [0.05, 0.1) is 6.42 Å². The second kappa shape index (κ2) is 9.32. The fourth-order valence-electron chi connectivity index (χ4n) is 3.81. The maximum Gasteiger partial charge on any atom is 0.243 e. The molecule has 3 rings (SSSR count). The third kappa shape index (κ3) is 4.98. The Morgan fingerprint density at radius 2 is 1.96 bits per heavy atom. The van der Waals surface area contributed by atoms with Crippen molar-refractivity contribution < 1.29 is 14.0 Å². The summed E-state index contributed by atoms with van der Waals surface area (Å²) in [5.74, 6) is -0.902. The Kier molecular flexibility index (Phi) is 6.83.